The Balaban J connectivity index is 1.82. The number of amides is 1. The molecule has 2 N–H and O–H groups in total. The van der Waals surface area contributed by atoms with Gasteiger partial charge in [0.25, 0.3) is 11.6 Å². The second kappa shape index (κ2) is 10.8. The van der Waals surface area contributed by atoms with Crippen LogP contribution in [0.25, 0.3) is 6.08 Å². The predicted molar refractivity (Wildman–Crippen MR) is 112 cm³/mol. The molecule has 2 rings (SSSR count). The van der Waals surface area contributed by atoms with Crippen molar-refractivity contribution in [2.45, 2.75) is 0 Å². The first-order chi connectivity index (χ1) is 14.7. The molecule has 1 amide bonds. The summed E-state index contributed by atoms with van der Waals surface area (Å²) in [6.45, 7) is -1.36. The average Bonchev–Trinajstić information content (AvgIpc) is 2.76. The molecule has 0 radical (unpaired) electrons. The first-order valence-corrected chi connectivity index (χ1v) is 10.3. The van der Waals surface area contributed by atoms with E-state index in [2.05, 4.69) is 5.32 Å². The molecule has 12 heteroatoms. The molecule has 0 unspecified atom stereocenters. The van der Waals surface area contributed by atoms with E-state index in [-0.39, 0.29) is 17.1 Å². The first-order valence-electron chi connectivity index (χ1n) is 8.71. The number of carbonyl (C=O) groups excluding carboxylic acids is 2. The van der Waals surface area contributed by atoms with Gasteiger partial charge in [-0.3, -0.25) is 19.7 Å². The van der Waals surface area contributed by atoms with Gasteiger partial charge < -0.3 is 14.8 Å². The van der Waals surface area contributed by atoms with E-state index in [1.165, 1.54) is 25.3 Å². The maximum absolute atomic E-state index is 11.9. The summed E-state index contributed by atoms with van der Waals surface area (Å²) in [6.07, 6.45) is 1.36. The van der Waals surface area contributed by atoms with Gasteiger partial charge in [0.1, 0.15) is 12.3 Å². The van der Waals surface area contributed by atoms with E-state index in [1.807, 2.05) is 4.72 Å². The minimum atomic E-state index is -3.89. The molecule has 0 bridgehead atoms. The average molecular weight is 449 g/mol. The molecule has 0 aliphatic carbocycles. The fraction of sp³-hybridized carbons (Fsp3) is 0.158. The van der Waals surface area contributed by atoms with Crippen LogP contribution in [0.4, 0.5) is 11.4 Å². The Morgan fingerprint density at radius 2 is 1.87 bits per heavy atom. The Kier molecular flexibility index (Phi) is 8.23. The normalized spacial score (nSPS) is 11.1. The maximum Gasteiger partial charge on any atom is 0.321 e. The number of esters is 1. The van der Waals surface area contributed by atoms with Gasteiger partial charge in [-0.1, -0.05) is 30.3 Å². The van der Waals surface area contributed by atoms with Gasteiger partial charge in [0.05, 0.1) is 23.8 Å². The molecular weight excluding hydrogens is 430 g/mol. The van der Waals surface area contributed by atoms with E-state index < -0.39 is 40.0 Å². The van der Waals surface area contributed by atoms with Gasteiger partial charge in [-0.05, 0) is 17.7 Å². The minimum absolute atomic E-state index is 0.0480. The SMILES string of the molecule is COc1cc([N+](=O)[O-])ccc1NC(=O)COC(=O)CNS(=O)(=O)/C=C/c1ccccc1. The summed E-state index contributed by atoms with van der Waals surface area (Å²) in [4.78, 5) is 33.8. The summed E-state index contributed by atoms with van der Waals surface area (Å²) < 4.78 is 35.5. The van der Waals surface area contributed by atoms with E-state index in [0.717, 1.165) is 11.5 Å². The lowest BCUT2D eigenvalue weighted by molar-refractivity contribution is -0.384. The number of nitrogens with one attached hydrogen (secondary N) is 2. The summed E-state index contributed by atoms with van der Waals surface area (Å²) in [5.41, 5.74) is 0.574. The van der Waals surface area contributed by atoms with Crippen molar-refractivity contribution in [1.29, 1.82) is 0 Å². The van der Waals surface area contributed by atoms with Crippen molar-refractivity contribution in [2.24, 2.45) is 0 Å². The summed E-state index contributed by atoms with van der Waals surface area (Å²) in [5, 5.41) is 14.1. The molecule has 0 saturated heterocycles. The highest BCUT2D eigenvalue weighted by Crippen LogP contribution is 2.28. The van der Waals surface area contributed by atoms with Crippen LogP contribution >= 0.6 is 0 Å². The van der Waals surface area contributed by atoms with Gasteiger partial charge in [0, 0.05) is 11.5 Å². The number of benzene rings is 2. The lowest BCUT2D eigenvalue weighted by Crippen LogP contribution is -2.31. The van der Waals surface area contributed by atoms with Gasteiger partial charge in [0.2, 0.25) is 10.0 Å². The Morgan fingerprint density at radius 3 is 2.52 bits per heavy atom. The first kappa shape index (κ1) is 23.5. The monoisotopic (exact) mass is 449 g/mol. The molecule has 2 aromatic carbocycles. The maximum atomic E-state index is 11.9. The van der Waals surface area contributed by atoms with Gasteiger partial charge in [-0.15, -0.1) is 0 Å². The van der Waals surface area contributed by atoms with Crippen molar-refractivity contribution >= 4 is 39.4 Å². The third-order valence-electron chi connectivity index (χ3n) is 3.69. The standard InChI is InChI=1S/C19H19N3O8S/c1-29-17-11-15(22(25)26)7-8-16(17)21-18(23)13-30-19(24)12-20-31(27,28)10-9-14-5-3-2-4-6-14/h2-11,20H,12-13H2,1H3,(H,21,23)/b10-9+. The Bertz CT molecular complexity index is 1080. The quantitative estimate of drug-likeness (QED) is 0.315. The topological polar surface area (TPSA) is 154 Å². The molecule has 31 heavy (non-hydrogen) atoms. The molecule has 0 fully saturated rings. The number of nitrogens with zero attached hydrogens (tertiary/aromatic N) is 1. The zero-order valence-electron chi connectivity index (χ0n) is 16.3. The van der Waals surface area contributed by atoms with Crippen molar-refractivity contribution in [3.63, 3.8) is 0 Å². The van der Waals surface area contributed by atoms with E-state index in [9.17, 15) is 28.1 Å². The lowest BCUT2D eigenvalue weighted by atomic mass is 10.2. The van der Waals surface area contributed by atoms with Gasteiger partial charge in [-0.2, -0.15) is 0 Å². The number of ether oxygens (including phenoxy) is 2. The highest BCUT2D eigenvalue weighted by Gasteiger charge is 2.15. The van der Waals surface area contributed by atoms with E-state index in [4.69, 9.17) is 9.47 Å². The van der Waals surface area contributed by atoms with Crippen LogP contribution < -0.4 is 14.8 Å². The van der Waals surface area contributed by atoms with Crippen LogP contribution in [-0.2, 0) is 24.3 Å². The Morgan fingerprint density at radius 1 is 1.16 bits per heavy atom. The molecule has 2 aromatic rings. The number of nitro benzene ring substituents is 1. The molecule has 164 valence electrons. The lowest BCUT2D eigenvalue weighted by Gasteiger charge is -2.10. The number of methoxy groups -OCH3 is 1. The van der Waals surface area contributed by atoms with Crippen LogP contribution in [0.15, 0.2) is 53.9 Å². The van der Waals surface area contributed by atoms with Crippen LogP contribution in [0.3, 0.4) is 0 Å². The Labute approximate surface area is 177 Å². The number of nitro groups is 1. The molecule has 0 aliphatic heterocycles. The summed E-state index contributed by atoms with van der Waals surface area (Å²) in [7, 11) is -2.61. The van der Waals surface area contributed by atoms with Crippen LogP contribution in [-0.4, -0.2) is 45.5 Å². The van der Waals surface area contributed by atoms with Crippen LogP contribution in [0.1, 0.15) is 5.56 Å². The molecule has 0 atom stereocenters. The molecule has 11 nitrogen and oxygen atoms in total. The molecule has 0 spiro atoms. The van der Waals surface area contributed by atoms with Gasteiger partial charge in [-0.25, -0.2) is 13.1 Å². The second-order valence-corrected chi connectivity index (χ2v) is 7.58. The van der Waals surface area contributed by atoms with Crippen LogP contribution in [0, 0.1) is 10.1 Å². The zero-order valence-corrected chi connectivity index (χ0v) is 17.1. The number of hydrogen-bond acceptors (Lipinski definition) is 8. The number of hydrogen-bond donors (Lipinski definition) is 2. The molecule has 0 heterocycles. The fourth-order valence-corrected chi connectivity index (χ4v) is 2.97. The minimum Gasteiger partial charge on any atom is -0.494 e. The number of non-ortho nitro benzene ring substituents is 1. The molecule has 0 saturated carbocycles. The molecule has 0 aliphatic rings. The van der Waals surface area contributed by atoms with Crippen LogP contribution in [0.2, 0.25) is 0 Å². The molecular formula is C19H19N3O8S. The number of anilines is 1. The zero-order chi connectivity index (χ0) is 22.9. The van der Waals surface area contributed by atoms with E-state index in [1.54, 1.807) is 30.3 Å². The smallest absolute Gasteiger partial charge is 0.321 e. The molecule has 0 aromatic heterocycles. The third kappa shape index (κ3) is 7.87. The fourth-order valence-electron chi connectivity index (χ4n) is 2.22. The van der Waals surface area contributed by atoms with Crippen molar-refractivity contribution in [3.8, 4) is 5.75 Å². The van der Waals surface area contributed by atoms with Crippen molar-refractivity contribution in [2.75, 3.05) is 25.6 Å². The number of sulfonamides is 1. The van der Waals surface area contributed by atoms with Crippen LogP contribution in [0.5, 0.6) is 5.75 Å². The van der Waals surface area contributed by atoms with Crippen molar-refractivity contribution in [3.05, 3.63) is 69.6 Å². The number of rotatable bonds is 10. The Hall–Kier alpha value is -3.77. The largest absolute Gasteiger partial charge is 0.494 e. The summed E-state index contributed by atoms with van der Waals surface area (Å²) in [6, 6.07) is 12.2. The third-order valence-corrected chi connectivity index (χ3v) is 4.73. The van der Waals surface area contributed by atoms with Crippen molar-refractivity contribution in [1.82, 2.24) is 4.72 Å². The summed E-state index contributed by atoms with van der Waals surface area (Å²) in [5.74, 6) is -1.67. The predicted octanol–water partition coefficient (Wildman–Crippen LogP) is 1.68. The van der Waals surface area contributed by atoms with E-state index >= 15 is 0 Å². The summed E-state index contributed by atoms with van der Waals surface area (Å²) >= 11 is 0. The second-order valence-electron chi connectivity index (χ2n) is 5.93. The highest BCUT2D eigenvalue weighted by molar-refractivity contribution is 7.92. The van der Waals surface area contributed by atoms with E-state index in [0.29, 0.717) is 5.56 Å². The van der Waals surface area contributed by atoms with Crippen molar-refractivity contribution < 1.29 is 32.4 Å². The number of carbonyl (C=O) groups is 2. The van der Waals surface area contributed by atoms with Gasteiger partial charge in [0.15, 0.2) is 6.61 Å². The van der Waals surface area contributed by atoms with Gasteiger partial charge >= 0.3 is 5.97 Å². The highest BCUT2D eigenvalue weighted by atomic mass is 32.2.